The molecule has 0 unspecified atom stereocenters. The van der Waals surface area contributed by atoms with Crippen LogP contribution in [0.4, 0.5) is 5.69 Å². The van der Waals surface area contributed by atoms with Crippen LogP contribution in [-0.2, 0) is 6.54 Å². The average molecular weight is 236 g/mol. The topological polar surface area (TPSA) is 74.4 Å². The van der Waals surface area contributed by atoms with Gasteiger partial charge in [-0.05, 0) is 37.9 Å². The minimum atomic E-state index is -0.0729. The molecule has 1 aliphatic carbocycles. The zero-order valence-electron chi connectivity index (χ0n) is 10.1. The van der Waals surface area contributed by atoms with E-state index in [1.807, 2.05) is 12.1 Å². The molecule has 1 fully saturated rings. The van der Waals surface area contributed by atoms with Gasteiger partial charge in [-0.3, -0.25) is 10.8 Å². The first kappa shape index (κ1) is 12.3. The Morgan fingerprint density at radius 1 is 1.59 bits per heavy atom. The van der Waals surface area contributed by atoms with Crippen LogP contribution < -0.4 is 11.3 Å². The van der Waals surface area contributed by atoms with E-state index in [1.165, 1.54) is 0 Å². The quantitative estimate of drug-likeness (QED) is 0.515. The van der Waals surface area contributed by atoms with Crippen LogP contribution in [0, 0.1) is 5.92 Å². The van der Waals surface area contributed by atoms with Gasteiger partial charge in [0, 0.05) is 19.3 Å². The van der Waals surface area contributed by atoms with Gasteiger partial charge >= 0.3 is 0 Å². The first-order chi connectivity index (χ1) is 8.17. The fourth-order valence-electron chi connectivity index (χ4n) is 2.29. The molecule has 0 amide bonds. The number of aromatic nitrogens is 1. The normalized spacial score (nSPS) is 23.5. The number of nitrogens with zero attached hydrogens (tertiary/aromatic N) is 2. The maximum atomic E-state index is 9.24. The Morgan fingerprint density at radius 2 is 2.35 bits per heavy atom. The van der Waals surface area contributed by atoms with Crippen LogP contribution in [0.5, 0.6) is 0 Å². The second-order valence-electron chi connectivity index (χ2n) is 4.87. The predicted molar refractivity (Wildman–Crippen MR) is 67.1 cm³/mol. The molecular weight excluding hydrogens is 216 g/mol. The summed E-state index contributed by atoms with van der Waals surface area (Å²) in [6, 6.07) is 3.79. The number of aliphatic hydroxyl groups excluding tert-OH is 1. The van der Waals surface area contributed by atoms with Crippen LogP contribution in [0.25, 0.3) is 0 Å². The summed E-state index contributed by atoms with van der Waals surface area (Å²) >= 11 is 0. The lowest BCUT2D eigenvalue weighted by Gasteiger charge is -2.34. The summed E-state index contributed by atoms with van der Waals surface area (Å²) in [6.07, 6.45) is 3.55. The molecular formula is C12H20N4O. The lowest BCUT2D eigenvalue weighted by Crippen LogP contribution is -2.36. The molecule has 0 bridgehead atoms. The summed E-state index contributed by atoms with van der Waals surface area (Å²) in [6.45, 7) is 1.82. The summed E-state index contributed by atoms with van der Waals surface area (Å²) in [5.41, 5.74) is 4.50. The second-order valence-corrected chi connectivity index (χ2v) is 4.87. The highest BCUT2D eigenvalue weighted by atomic mass is 16.3. The monoisotopic (exact) mass is 236 g/mol. The third-order valence-electron chi connectivity index (χ3n) is 3.20. The average Bonchev–Trinajstić information content (AvgIpc) is 2.27. The van der Waals surface area contributed by atoms with Crippen LogP contribution in [-0.4, -0.2) is 34.7 Å². The van der Waals surface area contributed by atoms with Crippen molar-refractivity contribution in [2.75, 3.05) is 19.0 Å². The van der Waals surface area contributed by atoms with Gasteiger partial charge in [-0.1, -0.05) is 0 Å². The molecule has 17 heavy (non-hydrogen) atoms. The van der Waals surface area contributed by atoms with Crippen LogP contribution >= 0.6 is 0 Å². The number of pyridine rings is 1. The van der Waals surface area contributed by atoms with Crippen molar-refractivity contribution in [3.63, 3.8) is 0 Å². The lowest BCUT2D eigenvalue weighted by molar-refractivity contribution is 0.0272. The minimum Gasteiger partial charge on any atom is -0.393 e. The molecule has 0 radical (unpaired) electrons. The van der Waals surface area contributed by atoms with Crippen molar-refractivity contribution in [2.45, 2.75) is 25.5 Å². The SMILES string of the molecule is CN(Cc1cc(NN)ccn1)CC1CC(O)C1. The van der Waals surface area contributed by atoms with Crippen LogP contribution in [0.1, 0.15) is 18.5 Å². The molecule has 1 aromatic heterocycles. The molecule has 1 aromatic rings. The number of nitrogens with one attached hydrogen (secondary N) is 1. The Morgan fingerprint density at radius 3 is 3.00 bits per heavy atom. The standard InChI is InChI=1S/C12H20N4O/c1-16(7-9-4-12(17)5-9)8-11-6-10(15-13)2-3-14-11/h2-3,6,9,12,17H,4-5,7-8,13H2,1H3,(H,14,15). The number of aliphatic hydroxyl groups is 1. The van der Waals surface area contributed by atoms with E-state index in [4.69, 9.17) is 5.84 Å². The zero-order chi connectivity index (χ0) is 12.3. The Labute approximate surface area is 102 Å². The van der Waals surface area contributed by atoms with Crippen LogP contribution in [0.15, 0.2) is 18.3 Å². The number of hydrogen-bond acceptors (Lipinski definition) is 5. The van der Waals surface area contributed by atoms with Gasteiger partial charge in [0.05, 0.1) is 17.5 Å². The van der Waals surface area contributed by atoms with Gasteiger partial charge in [-0.25, -0.2) is 0 Å². The summed E-state index contributed by atoms with van der Waals surface area (Å²) < 4.78 is 0. The molecule has 0 aromatic carbocycles. The molecule has 2 rings (SSSR count). The third kappa shape index (κ3) is 3.39. The molecule has 5 heteroatoms. The Balaban J connectivity index is 1.82. The third-order valence-corrected chi connectivity index (χ3v) is 3.20. The molecule has 0 saturated heterocycles. The van der Waals surface area contributed by atoms with Crippen molar-refractivity contribution >= 4 is 5.69 Å². The van der Waals surface area contributed by atoms with Gasteiger partial charge in [0.15, 0.2) is 0 Å². The van der Waals surface area contributed by atoms with Crippen LogP contribution in [0.3, 0.4) is 0 Å². The number of rotatable bonds is 5. The number of hydrazine groups is 1. The Bertz CT molecular complexity index is 365. The fraction of sp³-hybridized carbons (Fsp3) is 0.583. The molecule has 1 heterocycles. The van der Waals surface area contributed by atoms with Gasteiger partial charge in [0.25, 0.3) is 0 Å². The highest BCUT2D eigenvalue weighted by molar-refractivity contribution is 5.41. The number of nitrogens with two attached hydrogens (primary N) is 1. The fourth-order valence-corrected chi connectivity index (χ4v) is 2.29. The number of nitrogen functional groups attached to an aromatic ring is 1. The first-order valence-electron chi connectivity index (χ1n) is 5.95. The molecule has 0 atom stereocenters. The molecule has 94 valence electrons. The number of hydrogen-bond donors (Lipinski definition) is 3. The van der Waals surface area contributed by atoms with E-state index < -0.39 is 0 Å². The van der Waals surface area contributed by atoms with Gasteiger partial charge in [-0.2, -0.15) is 0 Å². The van der Waals surface area contributed by atoms with Gasteiger partial charge in [0.1, 0.15) is 0 Å². The van der Waals surface area contributed by atoms with E-state index in [0.717, 1.165) is 37.3 Å². The second kappa shape index (κ2) is 5.44. The highest BCUT2D eigenvalue weighted by Gasteiger charge is 2.27. The van der Waals surface area contributed by atoms with Gasteiger partial charge in [-0.15, -0.1) is 0 Å². The van der Waals surface area contributed by atoms with Gasteiger partial charge in [0.2, 0.25) is 0 Å². The van der Waals surface area contributed by atoms with E-state index in [2.05, 4.69) is 22.4 Å². The zero-order valence-corrected chi connectivity index (χ0v) is 10.1. The molecule has 1 aliphatic rings. The lowest BCUT2D eigenvalue weighted by atomic mass is 9.82. The largest absolute Gasteiger partial charge is 0.393 e. The molecule has 0 spiro atoms. The van der Waals surface area contributed by atoms with E-state index in [9.17, 15) is 5.11 Å². The van der Waals surface area contributed by atoms with Crippen molar-refractivity contribution in [1.82, 2.24) is 9.88 Å². The summed E-state index contributed by atoms with van der Waals surface area (Å²) in [4.78, 5) is 6.54. The highest BCUT2D eigenvalue weighted by Crippen LogP contribution is 2.27. The van der Waals surface area contributed by atoms with E-state index in [0.29, 0.717) is 5.92 Å². The van der Waals surface area contributed by atoms with Crippen molar-refractivity contribution in [3.8, 4) is 0 Å². The Kier molecular flexibility index (Phi) is 3.93. The predicted octanol–water partition coefficient (Wildman–Crippen LogP) is 0.570. The number of anilines is 1. The van der Waals surface area contributed by atoms with Gasteiger partial charge < -0.3 is 15.4 Å². The van der Waals surface area contributed by atoms with E-state index in [1.54, 1.807) is 6.20 Å². The van der Waals surface area contributed by atoms with Crippen molar-refractivity contribution in [1.29, 1.82) is 0 Å². The smallest absolute Gasteiger partial charge is 0.0564 e. The van der Waals surface area contributed by atoms with Crippen molar-refractivity contribution in [2.24, 2.45) is 11.8 Å². The van der Waals surface area contributed by atoms with E-state index >= 15 is 0 Å². The minimum absolute atomic E-state index is 0.0729. The maximum Gasteiger partial charge on any atom is 0.0564 e. The molecule has 5 nitrogen and oxygen atoms in total. The molecule has 4 N–H and O–H groups in total. The maximum absolute atomic E-state index is 9.24. The molecule has 0 aliphatic heterocycles. The van der Waals surface area contributed by atoms with Crippen molar-refractivity contribution < 1.29 is 5.11 Å². The van der Waals surface area contributed by atoms with E-state index in [-0.39, 0.29) is 6.10 Å². The molecule has 1 saturated carbocycles. The summed E-state index contributed by atoms with van der Waals surface area (Å²) in [5.74, 6) is 5.99. The first-order valence-corrected chi connectivity index (χ1v) is 5.95. The van der Waals surface area contributed by atoms with Crippen LogP contribution in [0.2, 0.25) is 0 Å². The Hall–Kier alpha value is -1.17. The summed E-state index contributed by atoms with van der Waals surface area (Å²) in [5, 5.41) is 9.24. The summed E-state index contributed by atoms with van der Waals surface area (Å²) in [7, 11) is 2.08. The van der Waals surface area contributed by atoms with Crippen molar-refractivity contribution in [3.05, 3.63) is 24.0 Å².